The van der Waals surface area contributed by atoms with E-state index in [0.717, 1.165) is 10.9 Å². The summed E-state index contributed by atoms with van der Waals surface area (Å²) >= 11 is 6.01. The Bertz CT molecular complexity index is 710. The van der Waals surface area contributed by atoms with E-state index in [0.29, 0.717) is 24.5 Å². The van der Waals surface area contributed by atoms with E-state index in [9.17, 15) is 9.59 Å². The molecule has 0 spiro atoms. The number of aromatic nitrogens is 1. The molecule has 5 nitrogen and oxygen atoms in total. The van der Waals surface area contributed by atoms with Gasteiger partial charge in [-0.1, -0.05) is 17.7 Å². The topological polar surface area (TPSA) is 68.3 Å². The molecule has 1 atom stereocenters. The van der Waals surface area contributed by atoms with Crippen LogP contribution in [-0.4, -0.2) is 34.4 Å². The molecule has 110 valence electrons. The van der Waals surface area contributed by atoms with Crippen LogP contribution in [0, 0.1) is 5.92 Å². The van der Waals surface area contributed by atoms with Gasteiger partial charge in [-0.2, -0.15) is 0 Å². The monoisotopic (exact) mass is 305 g/mol. The summed E-state index contributed by atoms with van der Waals surface area (Å²) in [5.74, 6) is -0.551. The van der Waals surface area contributed by atoms with Crippen molar-refractivity contribution in [3.8, 4) is 0 Å². The standard InChI is InChI=1S/C15H16ClN3O2/c16-12-2-1-10-3-5-18(13(10)7-12)9-14(20)19-6-4-11(8-19)15(17)21/h1-3,5,7,11H,4,6,8-9H2,(H2,17,21)/t11-/m1/s1. The summed E-state index contributed by atoms with van der Waals surface area (Å²) < 4.78 is 1.88. The van der Waals surface area contributed by atoms with Gasteiger partial charge in [-0.25, -0.2) is 0 Å². The maximum atomic E-state index is 12.3. The van der Waals surface area contributed by atoms with Crippen molar-refractivity contribution >= 4 is 34.3 Å². The highest BCUT2D eigenvalue weighted by Crippen LogP contribution is 2.21. The van der Waals surface area contributed by atoms with Crippen molar-refractivity contribution < 1.29 is 9.59 Å². The number of hydrogen-bond donors (Lipinski definition) is 1. The van der Waals surface area contributed by atoms with E-state index in [1.54, 1.807) is 4.90 Å². The van der Waals surface area contributed by atoms with Crippen molar-refractivity contribution in [3.63, 3.8) is 0 Å². The number of halogens is 1. The largest absolute Gasteiger partial charge is 0.369 e. The lowest BCUT2D eigenvalue weighted by Gasteiger charge is -2.16. The molecule has 0 unspecified atom stereocenters. The third-order valence-corrected chi connectivity index (χ3v) is 4.22. The molecule has 21 heavy (non-hydrogen) atoms. The van der Waals surface area contributed by atoms with Crippen LogP contribution in [0.5, 0.6) is 0 Å². The molecular weight excluding hydrogens is 290 g/mol. The Labute approximate surface area is 127 Å². The average Bonchev–Trinajstić information content (AvgIpc) is 3.06. The number of amides is 2. The fourth-order valence-electron chi connectivity index (χ4n) is 2.76. The molecule has 2 heterocycles. The number of fused-ring (bicyclic) bond motifs is 1. The van der Waals surface area contributed by atoms with Gasteiger partial charge in [0.2, 0.25) is 11.8 Å². The highest BCUT2D eigenvalue weighted by Gasteiger charge is 2.29. The summed E-state index contributed by atoms with van der Waals surface area (Å²) in [6.07, 6.45) is 2.53. The quantitative estimate of drug-likeness (QED) is 0.936. The fourth-order valence-corrected chi connectivity index (χ4v) is 2.93. The predicted molar refractivity (Wildman–Crippen MR) is 80.8 cm³/mol. The van der Waals surface area contributed by atoms with Gasteiger partial charge in [-0.15, -0.1) is 0 Å². The first-order chi connectivity index (χ1) is 10.0. The molecule has 1 aliphatic rings. The van der Waals surface area contributed by atoms with Crippen molar-refractivity contribution in [2.24, 2.45) is 11.7 Å². The second-order valence-electron chi connectivity index (χ2n) is 5.37. The Morgan fingerprint density at radius 3 is 2.86 bits per heavy atom. The SMILES string of the molecule is NC(=O)[C@@H]1CCN(C(=O)Cn2ccc3ccc(Cl)cc32)C1. The molecule has 1 aromatic carbocycles. The summed E-state index contributed by atoms with van der Waals surface area (Å²) in [6, 6.07) is 7.56. The molecule has 3 rings (SSSR count). The number of likely N-dealkylation sites (tertiary alicyclic amines) is 1. The first-order valence-electron chi connectivity index (χ1n) is 6.86. The van der Waals surface area contributed by atoms with Gasteiger partial charge in [0.1, 0.15) is 6.54 Å². The van der Waals surface area contributed by atoms with Crippen LogP contribution in [0.15, 0.2) is 30.5 Å². The van der Waals surface area contributed by atoms with Crippen LogP contribution in [0.3, 0.4) is 0 Å². The van der Waals surface area contributed by atoms with E-state index in [1.165, 1.54) is 0 Å². The lowest BCUT2D eigenvalue weighted by molar-refractivity contribution is -0.131. The minimum Gasteiger partial charge on any atom is -0.369 e. The van der Waals surface area contributed by atoms with Crippen molar-refractivity contribution in [3.05, 3.63) is 35.5 Å². The Morgan fingerprint density at radius 2 is 2.14 bits per heavy atom. The van der Waals surface area contributed by atoms with E-state index in [2.05, 4.69) is 0 Å². The molecule has 0 saturated carbocycles. The van der Waals surface area contributed by atoms with E-state index in [4.69, 9.17) is 17.3 Å². The number of carbonyl (C=O) groups is 2. The van der Waals surface area contributed by atoms with Gasteiger partial charge in [-0.3, -0.25) is 9.59 Å². The summed E-state index contributed by atoms with van der Waals surface area (Å²) in [5.41, 5.74) is 6.22. The Kier molecular flexibility index (Phi) is 3.59. The van der Waals surface area contributed by atoms with Crippen molar-refractivity contribution in [1.82, 2.24) is 9.47 Å². The van der Waals surface area contributed by atoms with E-state index in [-0.39, 0.29) is 24.3 Å². The molecule has 2 N–H and O–H groups in total. The van der Waals surface area contributed by atoms with Crippen LogP contribution in [0.25, 0.3) is 10.9 Å². The molecule has 1 aromatic heterocycles. The summed E-state index contributed by atoms with van der Waals surface area (Å²) in [7, 11) is 0. The number of hydrogen-bond acceptors (Lipinski definition) is 2. The average molecular weight is 306 g/mol. The van der Waals surface area contributed by atoms with E-state index in [1.807, 2.05) is 35.0 Å². The zero-order chi connectivity index (χ0) is 15.0. The number of carbonyl (C=O) groups excluding carboxylic acids is 2. The third kappa shape index (κ3) is 2.74. The molecule has 2 amide bonds. The second-order valence-corrected chi connectivity index (χ2v) is 5.81. The van der Waals surface area contributed by atoms with Crippen LogP contribution < -0.4 is 5.73 Å². The summed E-state index contributed by atoms with van der Waals surface area (Å²) in [4.78, 5) is 25.2. The van der Waals surface area contributed by atoms with Crippen molar-refractivity contribution in [2.45, 2.75) is 13.0 Å². The van der Waals surface area contributed by atoms with Crippen LogP contribution >= 0.6 is 11.6 Å². The number of rotatable bonds is 3. The van der Waals surface area contributed by atoms with E-state index >= 15 is 0 Å². The number of benzene rings is 1. The molecule has 2 aromatic rings. The number of nitrogens with two attached hydrogens (primary N) is 1. The minimum absolute atomic E-state index is 0.00349. The maximum Gasteiger partial charge on any atom is 0.242 e. The maximum absolute atomic E-state index is 12.3. The highest BCUT2D eigenvalue weighted by molar-refractivity contribution is 6.31. The predicted octanol–water partition coefficient (Wildman–Crippen LogP) is 1.63. The summed E-state index contributed by atoms with van der Waals surface area (Å²) in [6.45, 7) is 1.26. The normalized spacial score (nSPS) is 18.3. The molecule has 1 aliphatic heterocycles. The van der Waals surface area contributed by atoms with Gasteiger partial charge in [0.05, 0.1) is 5.92 Å². The van der Waals surface area contributed by atoms with Gasteiger partial charge in [-0.05, 0) is 30.0 Å². The summed E-state index contributed by atoms with van der Waals surface area (Å²) in [5, 5.41) is 1.69. The second kappa shape index (κ2) is 5.41. The molecule has 6 heteroatoms. The number of primary amides is 1. The highest BCUT2D eigenvalue weighted by atomic mass is 35.5. The Balaban J connectivity index is 1.75. The molecule has 1 fully saturated rings. The lowest BCUT2D eigenvalue weighted by atomic mass is 10.1. The first-order valence-corrected chi connectivity index (χ1v) is 7.24. The lowest BCUT2D eigenvalue weighted by Crippen LogP contribution is -2.33. The molecule has 0 radical (unpaired) electrons. The van der Waals surface area contributed by atoms with Gasteiger partial charge in [0.25, 0.3) is 0 Å². The van der Waals surface area contributed by atoms with Crippen LogP contribution in [0.1, 0.15) is 6.42 Å². The van der Waals surface area contributed by atoms with Crippen molar-refractivity contribution in [2.75, 3.05) is 13.1 Å². The van der Waals surface area contributed by atoms with Crippen LogP contribution in [0.2, 0.25) is 5.02 Å². The molecular formula is C15H16ClN3O2. The van der Waals surface area contributed by atoms with Gasteiger partial charge >= 0.3 is 0 Å². The van der Waals surface area contributed by atoms with Crippen LogP contribution in [-0.2, 0) is 16.1 Å². The zero-order valence-electron chi connectivity index (χ0n) is 11.5. The number of nitrogens with zero attached hydrogens (tertiary/aromatic N) is 2. The van der Waals surface area contributed by atoms with Crippen LogP contribution in [0.4, 0.5) is 0 Å². The Morgan fingerprint density at radius 1 is 1.33 bits per heavy atom. The van der Waals surface area contributed by atoms with Crippen molar-refractivity contribution in [1.29, 1.82) is 0 Å². The third-order valence-electron chi connectivity index (χ3n) is 3.98. The molecule has 1 saturated heterocycles. The van der Waals surface area contributed by atoms with Gasteiger partial charge in [0, 0.05) is 29.8 Å². The Hall–Kier alpha value is -2.01. The van der Waals surface area contributed by atoms with E-state index < -0.39 is 0 Å². The van der Waals surface area contributed by atoms with Gasteiger partial charge < -0.3 is 15.2 Å². The molecule has 0 aliphatic carbocycles. The molecule has 0 bridgehead atoms. The fraction of sp³-hybridized carbons (Fsp3) is 0.333. The smallest absolute Gasteiger partial charge is 0.242 e. The minimum atomic E-state index is -0.330. The van der Waals surface area contributed by atoms with Gasteiger partial charge in [0.15, 0.2) is 0 Å². The first kappa shape index (κ1) is 13.9. The zero-order valence-corrected chi connectivity index (χ0v) is 12.2.